The van der Waals surface area contributed by atoms with Crippen LogP contribution in [0.4, 0.5) is 23.2 Å². The molecule has 0 amide bonds. The molecule has 172 valence electrons. The highest BCUT2D eigenvalue weighted by atomic mass is 32.2. The number of anilines is 1. The summed E-state index contributed by atoms with van der Waals surface area (Å²) in [7, 11) is -4.48. The van der Waals surface area contributed by atoms with Gasteiger partial charge < -0.3 is 5.11 Å². The first-order valence-corrected chi connectivity index (χ1v) is 11.3. The second kappa shape index (κ2) is 8.18. The second-order valence-electron chi connectivity index (χ2n) is 7.71. The van der Waals surface area contributed by atoms with Crippen LogP contribution in [0.5, 0.6) is 0 Å². The highest BCUT2D eigenvalue weighted by Gasteiger charge is 2.34. The summed E-state index contributed by atoms with van der Waals surface area (Å²) >= 11 is 0. The number of nitrogens with one attached hydrogen (secondary N) is 1. The highest BCUT2D eigenvalue weighted by molar-refractivity contribution is 7.92. The van der Waals surface area contributed by atoms with Crippen molar-refractivity contribution in [1.82, 2.24) is 0 Å². The average Bonchev–Trinajstić information content (AvgIpc) is 3.57. The Morgan fingerprint density at radius 1 is 1.00 bits per heavy atom. The lowest BCUT2D eigenvalue weighted by molar-refractivity contribution is -0.137. The van der Waals surface area contributed by atoms with E-state index in [1.807, 2.05) is 0 Å². The molecule has 0 saturated heterocycles. The van der Waals surface area contributed by atoms with Crippen LogP contribution in [0.15, 0.2) is 65.6 Å². The van der Waals surface area contributed by atoms with Crippen LogP contribution in [0.3, 0.4) is 0 Å². The second-order valence-corrected chi connectivity index (χ2v) is 9.36. The third-order valence-corrected chi connectivity index (χ3v) is 6.72. The molecule has 0 aromatic heterocycles. The Balaban J connectivity index is 1.85. The molecule has 0 aliphatic heterocycles. The Morgan fingerprint density at radius 2 is 1.73 bits per heavy atom. The van der Waals surface area contributed by atoms with Gasteiger partial charge in [0.15, 0.2) is 0 Å². The molecule has 1 aliphatic rings. The van der Waals surface area contributed by atoms with Crippen molar-refractivity contribution in [2.75, 3.05) is 4.72 Å². The van der Waals surface area contributed by atoms with Gasteiger partial charge in [-0.15, -0.1) is 0 Å². The summed E-state index contributed by atoms with van der Waals surface area (Å²) in [6.45, 7) is 0. The number of sulfonamides is 1. The fraction of sp³-hybridized carbons (Fsp3) is 0.174. The van der Waals surface area contributed by atoms with Crippen LogP contribution in [0.2, 0.25) is 0 Å². The lowest BCUT2D eigenvalue weighted by Crippen LogP contribution is -2.17. The number of hydrogen-bond acceptors (Lipinski definition) is 3. The molecule has 33 heavy (non-hydrogen) atoms. The minimum atomic E-state index is -4.75. The van der Waals surface area contributed by atoms with Gasteiger partial charge in [-0.05, 0) is 66.3 Å². The van der Waals surface area contributed by atoms with Gasteiger partial charge in [-0.1, -0.05) is 24.3 Å². The third-order valence-electron chi connectivity index (χ3n) is 5.29. The molecule has 1 fully saturated rings. The minimum Gasteiger partial charge on any atom is -0.478 e. The molecule has 10 heteroatoms. The van der Waals surface area contributed by atoms with E-state index >= 15 is 0 Å². The van der Waals surface area contributed by atoms with E-state index in [0.29, 0.717) is 24.5 Å². The number of halogens is 4. The zero-order valence-electron chi connectivity index (χ0n) is 16.9. The van der Waals surface area contributed by atoms with Crippen molar-refractivity contribution in [2.45, 2.75) is 29.8 Å². The van der Waals surface area contributed by atoms with Gasteiger partial charge in [-0.25, -0.2) is 17.6 Å². The van der Waals surface area contributed by atoms with E-state index in [2.05, 4.69) is 4.72 Å². The van der Waals surface area contributed by atoms with Crippen LogP contribution in [0, 0.1) is 5.82 Å². The van der Waals surface area contributed by atoms with Gasteiger partial charge in [0.1, 0.15) is 5.82 Å². The van der Waals surface area contributed by atoms with Crippen molar-refractivity contribution < 1.29 is 35.9 Å². The van der Waals surface area contributed by atoms with Crippen molar-refractivity contribution in [1.29, 1.82) is 0 Å². The lowest BCUT2D eigenvalue weighted by atomic mass is 10.0. The molecule has 0 radical (unpaired) electrons. The molecule has 2 N–H and O–H groups in total. The van der Waals surface area contributed by atoms with Crippen LogP contribution >= 0.6 is 0 Å². The maximum atomic E-state index is 13.8. The molecule has 0 spiro atoms. The van der Waals surface area contributed by atoms with E-state index < -0.39 is 39.2 Å². The molecule has 0 bridgehead atoms. The number of carboxylic acid groups (broad SMARTS) is 1. The van der Waals surface area contributed by atoms with Gasteiger partial charge in [0.2, 0.25) is 0 Å². The number of carboxylic acids is 1. The number of rotatable bonds is 6. The van der Waals surface area contributed by atoms with Gasteiger partial charge in [0.05, 0.1) is 21.7 Å². The maximum Gasteiger partial charge on any atom is 0.416 e. The molecule has 4 rings (SSSR count). The van der Waals surface area contributed by atoms with Crippen LogP contribution in [-0.2, 0) is 16.2 Å². The Labute approximate surface area is 186 Å². The largest absolute Gasteiger partial charge is 0.478 e. The molecule has 0 atom stereocenters. The highest BCUT2D eigenvalue weighted by Crippen LogP contribution is 2.44. The van der Waals surface area contributed by atoms with Gasteiger partial charge in [0.25, 0.3) is 10.0 Å². The number of hydrogen-bond donors (Lipinski definition) is 2. The molecule has 0 unspecified atom stereocenters. The van der Waals surface area contributed by atoms with Gasteiger partial charge >= 0.3 is 12.1 Å². The minimum absolute atomic E-state index is 0.0356. The smallest absolute Gasteiger partial charge is 0.416 e. The molecular formula is C23H17F4NO4S. The first-order chi connectivity index (χ1) is 15.5. The number of aromatic carboxylic acids is 1. The van der Waals surface area contributed by atoms with Crippen molar-refractivity contribution in [3.8, 4) is 11.1 Å². The number of carbonyl (C=O) groups is 1. The number of benzene rings is 3. The van der Waals surface area contributed by atoms with Crippen LogP contribution in [-0.4, -0.2) is 19.5 Å². The summed E-state index contributed by atoms with van der Waals surface area (Å²) in [6.07, 6.45) is -3.32. The van der Waals surface area contributed by atoms with E-state index in [9.17, 15) is 35.9 Å². The fourth-order valence-electron chi connectivity index (χ4n) is 3.54. The van der Waals surface area contributed by atoms with Crippen LogP contribution < -0.4 is 4.72 Å². The Hall–Kier alpha value is -3.40. The maximum absolute atomic E-state index is 13.8. The molecule has 1 aliphatic carbocycles. The molecular weight excluding hydrogens is 462 g/mol. The SMILES string of the molecule is O=C(O)c1ccc(C2CC2)c(S(=O)(=O)Nc2cc(C(F)(F)F)ccc2-c2cccc(F)c2)c1. The van der Waals surface area contributed by atoms with E-state index in [1.165, 1.54) is 24.3 Å². The zero-order chi connectivity index (χ0) is 24.0. The Kier molecular flexibility index (Phi) is 5.65. The van der Waals surface area contributed by atoms with Crippen molar-refractivity contribution >= 4 is 21.7 Å². The van der Waals surface area contributed by atoms with Gasteiger partial charge in [-0.2, -0.15) is 13.2 Å². The fourth-order valence-corrected chi connectivity index (χ4v) is 4.94. The first-order valence-electron chi connectivity index (χ1n) is 9.83. The predicted molar refractivity (Wildman–Crippen MR) is 113 cm³/mol. The van der Waals surface area contributed by atoms with E-state index in [-0.39, 0.29) is 27.5 Å². The summed E-state index contributed by atoms with van der Waals surface area (Å²) in [4.78, 5) is 11.1. The Morgan fingerprint density at radius 3 is 2.33 bits per heavy atom. The van der Waals surface area contributed by atoms with E-state index in [0.717, 1.165) is 30.3 Å². The number of alkyl halides is 3. The van der Waals surface area contributed by atoms with Crippen LogP contribution in [0.25, 0.3) is 11.1 Å². The van der Waals surface area contributed by atoms with Crippen molar-refractivity contribution in [3.63, 3.8) is 0 Å². The summed E-state index contributed by atoms with van der Waals surface area (Å²) in [6, 6.07) is 11.2. The predicted octanol–water partition coefficient (Wildman–Crippen LogP) is 5.89. The van der Waals surface area contributed by atoms with E-state index in [4.69, 9.17) is 0 Å². The summed E-state index contributed by atoms with van der Waals surface area (Å²) < 4.78 is 82.5. The molecule has 3 aromatic carbocycles. The van der Waals surface area contributed by atoms with Gasteiger partial charge in [-0.3, -0.25) is 4.72 Å². The van der Waals surface area contributed by atoms with Crippen LogP contribution in [0.1, 0.15) is 40.2 Å². The third kappa shape index (κ3) is 4.85. The van der Waals surface area contributed by atoms with Crippen molar-refractivity contribution in [2.24, 2.45) is 0 Å². The first kappa shape index (κ1) is 22.8. The quantitative estimate of drug-likeness (QED) is 0.432. The van der Waals surface area contributed by atoms with Gasteiger partial charge in [0, 0.05) is 5.56 Å². The molecule has 0 heterocycles. The Bertz CT molecular complexity index is 1350. The molecule has 1 saturated carbocycles. The topological polar surface area (TPSA) is 83.5 Å². The van der Waals surface area contributed by atoms with E-state index in [1.54, 1.807) is 0 Å². The lowest BCUT2D eigenvalue weighted by Gasteiger charge is -2.17. The zero-order valence-corrected chi connectivity index (χ0v) is 17.7. The summed E-state index contributed by atoms with van der Waals surface area (Å²) in [5.74, 6) is -2.07. The normalized spacial score (nSPS) is 14.2. The summed E-state index contributed by atoms with van der Waals surface area (Å²) in [5.41, 5.74) is -1.17. The molecule has 5 nitrogen and oxygen atoms in total. The molecule has 3 aromatic rings. The standard InChI is InChI=1S/C23H17F4NO4S/c24-17-3-1-2-14(10-17)18-9-7-16(23(25,26)27)12-20(18)28-33(31,32)21-11-15(22(29)30)6-8-19(21)13-4-5-13/h1-3,6-13,28H,4-5H2,(H,29,30). The average molecular weight is 479 g/mol. The van der Waals surface area contributed by atoms with Crippen molar-refractivity contribution in [3.05, 3.63) is 83.2 Å². The monoisotopic (exact) mass is 479 g/mol. The summed E-state index contributed by atoms with van der Waals surface area (Å²) in [5, 5.41) is 9.28.